The van der Waals surface area contributed by atoms with Crippen LogP contribution in [0.3, 0.4) is 0 Å². The zero-order valence-corrected chi connectivity index (χ0v) is 13.1. The first kappa shape index (κ1) is 19.4. The summed E-state index contributed by atoms with van der Waals surface area (Å²) < 4.78 is 0. The third kappa shape index (κ3) is 5.09. The van der Waals surface area contributed by atoms with Gasteiger partial charge in [0, 0.05) is 18.1 Å². The van der Waals surface area contributed by atoms with Crippen molar-refractivity contribution in [3.63, 3.8) is 0 Å². The Balaban J connectivity index is 0.00000180. The molecule has 20 heavy (non-hydrogen) atoms. The van der Waals surface area contributed by atoms with E-state index in [9.17, 15) is 0 Å². The van der Waals surface area contributed by atoms with Crippen LogP contribution in [0.5, 0.6) is 0 Å². The molecule has 1 aromatic heterocycles. The number of aromatic amines is 1. The van der Waals surface area contributed by atoms with Crippen molar-refractivity contribution < 1.29 is 10.2 Å². The van der Waals surface area contributed by atoms with Crippen molar-refractivity contribution >= 4 is 47.4 Å². The van der Waals surface area contributed by atoms with Crippen molar-refractivity contribution in [2.45, 2.75) is 6.54 Å². The highest BCUT2D eigenvalue weighted by Crippen LogP contribution is 2.17. The molecule has 0 amide bonds. The summed E-state index contributed by atoms with van der Waals surface area (Å²) in [7, 11) is 0. The predicted octanol–water partition coefficient (Wildman–Crippen LogP) is 1.85. The lowest BCUT2D eigenvalue weighted by Gasteiger charge is -2.18. The lowest BCUT2D eigenvalue weighted by molar-refractivity contribution is 0.154. The van der Waals surface area contributed by atoms with Gasteiger partial charge in [0.25, 0.3) is 0 Å². The second kappa shape index (κ2) is 9.39. The van der Waals surface area contributed by atoms with Crippen LogP contribution in [0.25, 0.3) is 11.0 Å². The molecule has 0 aliphatic rings. The van der Waals surface area contributed by atoms with Gasteiger partial charge in [0.05, 0.1) is 30.8 Å². The monoisotopic (exact) mass is 341 g/mol. The molecule has 5 nitrogen and oxygen atoms in total. The Bertz CT molecular complexity index is 516. The van der Waals surface area contributed by atoms with Crippen LogP contribution in [0.15, 0.2) is 18.2 Å². The molecule has 0 aliphatic heterocycles. The highest BCUT2D eigenvalue weighted by molar-refractivity contribution is 6.31. The molecule has 0 unspecified atom stereocenters. The van der Waals surface area contributed by atoms with E-state index in [0.717, 1.165) is 16.9 Å². The molecular weight excluding hydrogens is 325 g/mol. The zero-order chi connectivity index (χ0) is 13.0. The second-order valence-corrected chi connectivity index (χ2v) is 4.50. The van der Waals surface area contributed by atoms with Gasteiger partial charge in [0.15, 0.2) is 0 Å². The van der Waals surface area contributed by atoms with Gasteiger partial charge in [-0.3, -0.25) is 4.90 Å². The Kier molecular flexibility index (Phi) is 9.13. The molecule has 0 fully saturated rings. The van der Waals surface area contributed by atoms with Crippen LogP contribution in [0.2, 0.25) is 5.02 Å². The fourth-order valence-corrected chi connectivity index (χ4v) is 2.05. The van der Waals surface area contributed by atoms with E-state index in [2.05, 4.69) is 9.97 Å². The molecule has 1 heterocycles. The van der Waals surface area contributed by atoms with Gasteiger partial charge in [-0.25, -0.2) is 4.98 Å². The Morgan fingerprint density at radius 2 is 1.80 bits per heavy atom. The van der Waals surface area contributed by atoms with Crippen molar-refractivity contribution in [2.75, 3.05) is 26.3 Å². The van der Waals surface area contributed by atoms with Crippen molar-refractivity contribution in [3.05, 3.63) is 29.0 Å². The maximum absolute atomic E-state index is 8.95. The fourth-order valence-electron chi connectivity index (χ4n) is 1.87. The Morgan fingerprint density at radius 3 is 2.40 bits per heavy atom. The van der Waals surface area contributed by atoms with Crippen LogP contribution < -0.4 is 0 Å². The van der Waals surface area contributed by atoms with Gasteiger partial charge in [0.2, 0.25) is 0 Å². The van der Waals surface area contributed by atoms with Crippen LogP contribution in [-0.2, 0) is 6.54 Å². The number of H-pyrrole nitrogens is 1. The van der Waals surface area contributed by atoms with Crippen molar-refractivity contribution in [3.8, 4) is 0 Å². The van der Waals surface area contributed by atoms with Crippen LogP contribution >= 0.6 is 36.4 Å². The number of imidazole rings is 1. The number of halogens is 3. The molecule has 0 saturated heterocycles. The highest BCUT2D eigenvalue weighted by Gasteiger charge is 2.08. The quantitative estimate of drug-likeness (QED) is 0.749. The third-order valence-corrected chi connectivity index (χ3v) is 2.93. The van der Waals surface area contributed by atoms with Crippen molar-refractivity contribution in [1.29, 1.82) is 0 Å². The Hall–Kier alpha value is -0.560. The Morgan fingerprint density at radius 1 is 1.15 bits per heavy atom. The lowest BCUT2D eigenvalue weighted by Crippen LogP contribution is -2.29. The van der Waals surface area contributed by atoms with Gasteiger partial charge in [-0.05, 0) is 18.2 Å². The number of hydrogen-bond acceptors (Lipinski definition) is 4. The van der Waals surface area contributed by atoms with Gasteiger partial charge in [-0.2, -0.15) is 0 Å². The van der Waals surface area contributed by atoms with E-state index in [0.29, 0.717) is 24.7 Å². The first-order chi connectivity index (χ1) is 8.72. The van der Waals surface area contributed by atoms with Gasteiger partial charge in [-0.15, -0.1) is 24.8 Å². The van der Waals surface area contributed by atoms with Gasteiger partial charge < -0.3 is 15.2 Å². The first-order valence-electron chi connectivity index (χ1n) is 5.81. The molecule has 3 N–H and O–H groups in total. The average molecular weight is 343 g/mol. The summed E-state index contributed by atoms with van der Waals surface area (Å²) in [5.41, 5.74) is 1.76. The number of hydrogen-bond donors (Lipinski definition) is 3. The number of benzene rings is 1. The summed E-state index contributed by atoms with van der Waals surface area (Å²) in [6, 6.07) is 5.49. The lowest BCUT2D eigenvalue weighted by atomic mass is 10.3. The van der Waals surface area contributed by atoms with E-state index in [1.807, 2.05) is 17.0 Å². The minimum Gasteiger partial charge on any atom is -0.395 e. The van der Waals surface area contributed by atoms with Crippen LogP contribution in [0, 0.1) is 0 Å². The SMILES string of the molecule is Cl.Cl.OCCN(CCO)Cc1nc2ccc(Cl)cc2[nH]1. The van der Waals surface area contributed by atoms with E-state index in [4.69, 9.17) is 21.8 Å². The number of aromatic nitrogens is 2. The molecule has 0 radical (unpaired) electrons. The summed E-state index contributed by atoms with van der Waals surface area (Å²) in [6.07, 6.45) is 0. The summed E-state index contributed by atoms with van der Waals surface area (Å²) in [5.74, 6) is 0.800. The van der Waals surface area contributed by atoms with Gasteiger partial charge in [0.1, 0.15) is 5.82 Å². The van der Waals surface area contributed by atoms with Crippen molar-refractivity contribution in [1.82, 2.24) is 14.9 Å². The molecule has 0 bridgehead atoms. The first-order valence-corrected chi connectivity index (χ1v) is 6.19. The molecule has 0 spiro atoms. The maximum Gasteiger partial charge on any atom is 0.121 e. The molecule has 8 heteroatoms. The number of nitrogens with zero attached hydrogens (tertiary/aromatic N) is 2. The normalized spacial score (nSPS) is 10.4. The summed E-state index contributed by atoms with van der Waals surface area (Å²) in [6.45, 7) is 1.71. The van der Waals surface area contributed by atoms with E-state index in [1.165, 1.54) is 0 Å². The van der Waals surface area contributed by atoms with Crippen LogP contribution in [0.1, 0.15) is 5.82 Å². The number of fused-ring (bicyclic) bond motifs is 1. The average Bonchev–Trinajstić information content (AvgIpc) is 2.71. The minimum absolute atomic E-state index is 0. The van der Waals surface area contributed by atoms with Gasteiger partial charge >= 0.3 is 0 Å². The molecule has 114 valence electrons. The predicted molar refractivity (Wildman–Crippen MR) is 85.0 cm³/mol. The molecule has 1 aromatic carbocycles. The number of rotatable bonds is 6. The standard InChI is InChI=1S/C12H16ClN3O2.2ClH/c13-9-1-2-10-11(7-9)15-12(14-10)8-16(3-5-17)4-6-18;;/h1-2,7,17-18H,3-6,8H2,(H,14,15);2*1H. The highest BCUT2D eigenvalue weighted by atomic mass is 35.5. The fraction of sp³-hybridized carbons (Fsp3) is 0.417. The van der Waals surface area contributed by atoms with Crippen LogP contribution in [0.4, 0.5) is 0 Å². The molecule has 0 aliphatic carbocycles. The summed E-state index contributed by atoms with van der Waals surface area (Å²) in [4.78, 5) is 9.55. The molecule has 0 atom stereocenters. The molecular formula is C12H18Cl3N3O2. The molecule has 0 saturated carbocycles. The van der Waals surface area contributed by atoms with E-state index >= 15 is 0 Å². The second-order valence-electron chi connectivity index (χ2n) is 4.07. The third-order valence-electron chi connectivity index (χ3n) is 2.70. The van der Waals surface area contributed by atoms with Gasteiger partial charge in [-0.1, -0.05) is 11.6 Å². The number of aliphatic hydroxyl groups excluding tert-OH is 2. The summed E-state index contributed by atoms with van der Waals surface area (Å²) >= 11 is 5.91. The molecule has 2 rings (SSSR count). The Labute approximate surface area is 134 Å². The largest absolute Gasteiger partial charge is 0.395 e. The molecule has 2 aromatic rings. The maximum atomic E-state index is 8.95. The number of nitrogens with one attached hydrogen (secondary N) is 1. The number of aliphatic hydroxyl groups is 2. The smallest absolute Gasteiger partial charge is 0.121 e. The minimum atomic E-state index is 0. The van der Waals surface area contributed by atoms with E-state index < -0.39 is 0 Å². The zero-order valence-electron chi connectivity index (χ0n) is 10.8. The van der Waals surface area contributed by atoms with E-state index in [1.54, 1.807) is 6.07 Å². The topological polar surface area (TPSA) is 72.4 Å². The van der Waals surface area contributed by atoms with Crippen molar-refractivity contribution in [2.24, 2.45) is 0 Å². The van der Waals surface area contributed by atoms with Crippen LogP contribution in [-0.4, -0.2) is 51.4 Å². The summed E-state index contributed by atoms with van der Waals surface area (Å²) in [5, 5.41) is 18.6. The van der Waals surface area contributed by atoms with E-state index in [-0.39, 0.29) is 38.0 Å².